The van der Waals surface area contributed by atoms with Crippen molar-refractivity contribution in [2.24, 2.45) is 0 Å². The number of pyridine rings is 1. The van der Waals surface area contributed by atoms with Crippen molar-refractivity contribution in [1.82, 2.24) is 4.98 Å². The molecule has 1 unspecified atom stereocenters. The summed E-state index contributed by atoms with van der Waals surface area (Å²) in [7, 11) is 4.62. The smallest absolute Gasteiger partial charge is 0.203 e. The summed E-state index contributed by atoms with van der Waals surface area (Å²) < 4.78 is 15.9. The lowest BCUT2D eigenvalue weighted by molar-refractivity contribution is 0.213. The molecule has 2 rings (SSSR count). The van der Waals surface area contributed by atoms with E-state index in [1.807, 2.05) is 19.1 Å². The molecule has 0 fully saturated rings. The highest BCUT2D eigenvalue weighted by molar-refractivity contribution is 5.55. The van der Waals surface area contributed by atoms with Gasteiger partial charge in [-0.1, -0.05) is 0 Å². The van der Waals surface area contributed by atoms with Crippen molar-refractivity contribution in [3.8, 4) is 17.2 Å². The zero-order chi connectivity index (χ0) is 15.4. The van der Waals surface area contributed by atoms with Crippen LogP contribution in [-0.2, 0) is 0 Å². The predicted molar refractivity (Wildman–Crippen MR) is 79.1 cm³/mol. The molecule has 1 aromatic heterocycles. The van der Waals surface area contributed by atoms with Gasteiger partial charge in [-0.15, -0.1) is 0 Å². The van der Waals surface area contributed by atoms with Crippen molar-refractivity contribution in [1.29, 1.82) is 0 Å². The molecule has 1 heterocycles. The van der Waals surface area contributed by atoms with E-state index in [-0.39, 0.29) is 0 Å². The van der Waals surface area contributed by atoms with Crippen molar-refractivity contribution in [2.75, 3.05) is 21.3 Å². The highest BCUT2D eigenvalue weighted by atomic mass is 16.5. The maximum atomic E-state index is 10.5. The number of nitrogens with zero attached hydrogens (tertiary/aromatic N) is 1. The third-order valence-corrected chi connectivity index (χ3v) is 3.22. The van der Waals surface area contributed by atoms with Crippen LogP contribution in [0.4, 0.5) is 0 Å². The first-order chi connectivity index (χ1) is 10.1. The van der Waals surface area contributed by atoms with Crippen molar-refractivity contribution in [2.45, 2.75) is 13.0 Å². The Morgan fingerprint density at radius 3 is 2.10 bits per heavy atom. The van der Waals surface area contributed by atoms with Gasteiger partial charge in [-0.05, 0) is 42.3 Å². The highest BCUT2D eigenvalue weighted by Crippen LogP contribution is 2.40. The minimum Gasteiger partial charge on any atom is -0.493 e. The van der Waals surface area contributed by atoms with Crippen molar-refractivity contribution >= 4 is 0 Å². The third kappa shape index (κ3) is 3.08. The lowest BCUT2D eigenvalue weighted by atomic mass is 10.0. The van der Waals surface area contributed by atoms with Crippen LogP contribution in [0.25, 0.3) is 0 Å². The first-order valence-electron chi connectivity index (χ1n) is 6.51. The molecular weight excluding hydrogens is 270 g/mol. The van der Waals surface area contributed by atoms with Gasteiger partial charge in [0.25, 0.3) is 0 Å². The second-order valence-electron chi connectivity index (χ2n) is 4.62. The van der Waals surface area contributed by atoms with Gasteiger partial charge >= 0.3 is 0 Å². The van der Waals surface area contributed by atoms with E-state index in [2.05, 4.69) is 4.98 Å². The van der Waals surface area contributed by atoms with Crippen LogP contribution in [0, 0.1) is 6.92 Å². The fraction of sp³-hybridized carbons (Fsp3) is 0.312. The van der Waals surface area contributed by atoms with Gasteiger partial charge < -0.3 is 19.3 Å². The molecule has 0 aliphatic rings. The van der Waals surface area contributed by atoms with Gasteiger partial charge in [0.05, 0.1) is 27.0 Å². The summed E-state index contributed by atoms with van der Waals surface area (Å²) in [5.74, 6) is 1.49. The summed E-state index contributed by atoms with van der Waals surface area (Å²) in [5.41, 5.74) is 2.23. The van der Waals surface area contributed by atoms with E-state index in [0.29, 0.717) is 28.5 Å². The molecule has 0 aliphatic carbocycles. The molecule has 1 atom stereocenters. The normalized spacial score (nSPS) is 11.9. The van der Waals surface area contributed by atoms with E-state index >= 15 is 0 Å². The number of aliphatic hydroxyl groups excluding tert-OH is 1. The highest BCUT2D eigenvalue weighted by Gasteiger charge is 2.19. The van der Waals surface area contributed by atoms with E-state index < -0.39 is 6.10 Å². The Kier molecular flexibility index (Phi) is 4.65. The minimum atomic E-state index is -0.862. The molecule has 5 heteroatoms. The van der Waals surface area contributed by atoms with Gasteiger partial charge in [-0.2, -0.15) is 0 Å². The number of aliphatic hydroxyl groups is 1. The maximum absolute atomic E-state index is 10.5. The number of benzene rings is 1. The topological polar surface area (TPSA) is 60.8 Å². The molecule has 0 saturated heterocycles. The summed E-state index contributed by atoms with van der Waals surface area (Å²) in [5, 5.41) is 10.5. The van der Waals surface area contributed by atoms with Crippen LogP contribution >= 0.6 is 0 Å². The van der Waals surface area contributed by atoms with Gasteiger partial charge in [0.15, 0.2) is 11.5 Å². The molecule has 0 bridgehead atoms. The summed E-state index contributed by atoms with van der Waals surface area (Å²) in [6, 6.07) is 7.16. The Labute approximate surface area is 124 Å². The molecule has 112 valence electrons. The van der Waals surface area contributed by atoms with E-state index in [9.17, 15) is 5.11 Å². The van der Waals surface area contributed by atoms with Crippen LogP contribution in [0.2, 0.25) is 0 Å². The second-order valence-corrected chi connectivity index (χ2v) is 4.62. The molecule has 1 aromatic carbocycles. The predicted octanol–water partition coefficient (Wildman–Crippen LogP) is 2.50. The summed E-state index contributed by atoms with van der Waals surface area (Å²) in [4.78, 5) is 4.21. The van der Waals surface area contributed by atoms with E-state index in [1.54, 1.807) is 39.7 Å². The average Bonchev–Trinajstić information content (AvgIpc) is 2.52. The van der Waals surface area contributed by atoms with Crippen LogP contribution in [0.5, 0.6) is 17.2 Å². The Morgan fingerprint density at radius 2 is 1.62 bits per heavy atom. The van der Waals surface area contributed by atoms with Crippen LogP contribution in [-0.4, -0.2) is 31.4 Å². The summed E-state index contributed by atoms with van der Waals surface area (Å²) in [6.07, 6.45) is 0.810. The molecule has 5 nitrogen and oxygen atoms in total. The lowest BCUT2D eigenvalue weighted by Gasteiger charge is -2.17. The molecule has 21 heavy (non-hydrogen) atoms. The number of hydrogen-bond donors (Lipinski definition) is 1. The van der Waals surface area contributed by atoms with Crippen molar-refractivity contribution in [3.63, 3.8) is 0 Å². The van der Waals surface area contributed by atoms with Gasteiger partial charge in [0.2, 0.25) is 5.75 Å². The number of aryl methyl sites for hydroxylation is 1. The minimum absolute atomic E-state index is 0.494. The third-order valence-electron chi connectivity index (χ3n) is 3.22. The zero-order valence-corrected chi connectivity index (χ0v) is 12.6. The number of aromatic nitrogens is 1. The molecular formula is C16H19NO4. The van der Waals surface area contributed by atoms with Crippen LogP contribution in [0.3, 0.4) is 0 Å². The monoisotopic (exact) mass is 289 g/mol. The fourth-order valence-corrected chi connectivity index (χ4v) is 2.14. The Morgan fingerprint density at radius 1 is 1.00 bits per heavy atom. The molecule has 1 N–H and O–H groups in total. The summed E-state index contributed by atoms with van der Waals surface area (Å²) >= 11 is 0. The zero-order valence-electron chi connectivity index (χ0n) is 12.6. The van der Waals surface area contributed by atoms with Gasteiger partial charge in [0.1, 0.15) is 6.10 Å². The van der Waals surface area contributed by atoms with Crippen LogP contribution in [0.15, 0.2) is 30.5 Å². The first kappa shape index (κ1) is 15.1. The fourth-order valence-electron chi connectivity index (χ4n) is 2.14. The molecule has 0 saturated carbocycles. The van der Waals surface area contributed by atoms with E-state index in [1.165, 1.54) is 0 Å². The van der Waals surface area contributed by atoms with Crippen molar-refractivity contribution < 1.29 is 19.3 Å². The largest absolute Gasteiger partial charge is 0.493 e. The number of rotatable bonds is 5. The van der Waals surface area contributed by atoms with Gasteiger partial charge in [-0.25, -0.2) is 0 Å². The van der Waals surface area contributed by atoms with E-state index in [0.717, 1.165) is 5.56 Å². The molecule has 0 aliphatic heterocycles. The number of ether oxygens (including phenoxy) is 3. The standard InChI is InChI=1S/C16H19NO4/c1-10-5-6-17-12(7-10)15(18)11-8-13(19-2)16(21-4)14(9-11)20-3/h5-9,15,18H,1-4H3. The molecule has 0 radical (unpaired) electrons. The molecule has 0 amide bonds. The second kappa shape index (κ2) is 6.45. The van der Waals surface area contributed by atoms with E-state index in [4.69, 9.17) is 14.2 Å². The number of hydrogen-bond acceptors (Lipinski definition) is 5. The lowest BCUT2D eigenvalue weighted by Crippen LogP contribution is -2.04. The van der Waals surface area contributed by atoms with Crippen molar-refractivity contribution in [3.05, 3.63) is 47.3 Å². The maximum Gasteiger partial charge on any atom is 0.203 e. The Balaban J connectivity index is 2.48. The molecule has 2 aromatic rings. The molecule has 0 spiro atoms. The first-order valence-corrected chi connectivity index (χ1v) is 6.51. The Hall–Kier alpha value is -2.27. The van der Waals surface area contributed by atoms with Crippen LogP contribution in [0.1, 0.15) is 22.9 Å². The SMILES string of the molecule is COc1cc(C(O)c2cc(C)ccn2)cc(OC)c1OC. The summed E-state index contributed by atoms with van der Waals surface area (Å²) in [6.45, 7) is 1.95. The number of methoxy groups -OCH3 is 3. The van der Waals surface area contributed by atoms with Gasteiger partial charge in [-0.3, -0.25) is 4.98 Å². The van der Waals surface area contributed by atoms with Crippen LogP contribution < -0.4 is 14.2 Å². The van der Waals surface area contributed by atoms with Gasteiger partial charge in [0, 0.05) is 6.20 Å². The average molecular weight is 289 g/mol. The Bertz CT molecular complexity index is 602. The quantitative estimate of drug-likeness (QED) is 0.916.